The normalized spacial score (nSPS) is 11.2. The Balaban J connectivity index is 2.83. The highest BCUT2D eigenvalue weighted by atomic mass is 19.1. The Bertz CT molecular complexity index is 360. The SMILES string of the molecule is CC(C)(O)COc1cc(F)ccc1N=O. The van der Waals surface area contributed by atoms with Crippen molar-refractivity contribution >= 4 is 5.69 Å². The third kappa shape index (κ3) is 3.63. The minimum absolute atomic E-state index is 0.0145. The number of rotatable bonds is 4. The molecule has 1 aromatic carbocycles. The highest BCUT2D eigenvalue weighted by Gasteiger charge is 2.15. The zero-order chi connectivity index (χ0) is 11.5. The number of aliphatic hydroxyl groups is 1. The zero-order valence-corrected chi connectivity index (χ0v) is 8.53. The summed E-state index contributed by atoms with van der Waals surface area (Å²) in [6.45, 7) is 3.04. The summed E-state index contributed by atoms with van der Waals surface area (Å²) < 4.78 is 17.9. The Hall–Kier alpha value is -1.49. The van der Waals surface area contributed by atoms with E-state index in [1.165, 1.54) is 6.07 Å². The molecular formula is C10H12FNO3. The summed E-state index contributed by atoms with van der Waals surface area (Å²) in [7, 11) is 0. The average molecular weight is 213 g/mol. The van der Waals surface area contributed by atoms with Gasteiger partial charge in [-0.2, -0.15) is 0 Å². The number of ether oxygens (including phenoxy) is 1. The van der Waals surface area contributed by atoms with Gasteiger partial charge in [-0.05, 0) is 31.2 Å². The maximum atomic E-state index is 12.8. The number of benzene rings is 1. The van der Waals surface area contributed by atoms with Crippen molar-refractivity contribution in [1.29, 1.82) is 0 Å². The van der Waals surface area contributed by atoms with Gasteiger partial charge in [-0.15, -0.1) is 4.91 Å². The van der Waals surface area contributed by atoms with E-state index in [0.29, 0.717) is 0 Å². The lowest BCUT2D eigenvalue weighted by molar-refractivity contribution is 0.0286. The molecule has 0 aromatic heterocycles. The Labute approximate surface area is 86.7 Å². The number of nitrogens with zero attached hydrogens (tertiary/aromatic N) is 1. The summed E-state index contributed by atoms with van der Waals surface area (Å²) in [5.41, 5.74) is -1.03. The van der Waals surface area contributed by atoms with Gasteiger partial charge in [-0.1, -0.05) is 0 Å². The Kier molecular flexibility index (Phi) is 3.36. The average Bonchev–Trinajstić information content (AvgIpc) is 2.14. The third-order valence-corrected chi connectivity index (χ3v) is 1.60. The quantitative estimate of drug-likeness (QED) is 0.781. The second-order valence-corrected chi connectivity index (χ2v) is 3.80. The fraction of sp³-hybridized carbons (Fsp3) is 0.400. The van der Waals surface area contributed by atoms with Crippen LogP contribution in [-0.4, -0.2) is 17.3 Å². The molecule has 0 aliphatic heterocycles. The number of halogens is 1. The first-order chi connectivity index (χ1) is 6.92. The van der Waals surface area contributed by atoms with Crippen molar-refractivity contribution in [3.63, 3.8) is 0 Å². The highest BCUT2D eigenvalue weighted by molar-refractivity contribution is 5.51. The van der Waals surface area contributed by atoms with Crippen molar-refractivity contribution in [3.8, 4) is 5.75 Å². The van der Waals surface area contributed by atoms with Gasteiger partial charge in [0, 0.05) is 6.07 Å². The third-order valence-electron chi connectivity index (χ3n) is 1.60. The molecule has 0 radical (unpaired) electrons. The van der Waals surface area contributed by atoms with E-state index in [0.717, 1.165) is 12.1 Å². The monoisotopic (exact) mass is 213 g/mol. The lowest BCUT2D eigenvalue weighted by atomic mass is 10.2. The Morgan fingerprint density at radius 2 is 2.20 bits per heavy atom. The van der Waals surface area contributed by atoms with Crippen LogP contribution in [0.5, 0.6) is 5.75 Å². The second-order valence-electron chi connectivity index (χ2n) is 3.80. The van der Waals surface area contributed by atoms with E-state index in [4.69, 9.17) is 4.74 Å². The predicted octanol–water partition coefficient (Wildman–Crippen LogP) is 2.37. The smallest absolute Gasteiger partial charge is 0.151 e. The predicted molar refractivity (Wildman–Crippen MR) is 53.6 cm³/mol. The van der Waals surface area contributed by atoms with Gasteiger partial charge >= 0.3 is 0 Å². The molecule has 0 saturated heterocycles. The van der Waals surface area contributed by atoms with Crippen LogP contribution in [0.3, 0.4) is 0 Å². The molecule has 0 spiro atoms. The molecule has 1 aromatic rings. The summed E-state index contributed by atoms with van der Waals surface area (Å²) in [6, 6.07) is 3.40. The molecule has 0 amide bonds. The van der Waals surface area contributed by atoms with Crippen LogP contribution in [0.1, 0.15) is 13.8 Å². The lowest BCUT2D eigenvalue weighted by Gasteiger charge is -2.18. The van der Waals surface area contributed by atoms with E-state index in [1.807, 2.05) is 0 Å². The van der Waals surface area contributed by atoms with Crippen LogP contribution >= 0.6 is 0 Å². The van der Waals surface area contributed by atoms with Crippen LogP contribution < -0.4 is 4.74 Å². The minimum atomic E-state index is -1.05. The highest BCUT2D eigenvalue weighted by Crippen LogP contribution is 2.28. The van der Waals surface area contributed by atoms with E-state index < -0.39 is 11.4 Å². The fourth-order valence-corrected chi connectivity index (χ4v) is 0.933. The molecule has 0 aliphatic carbocycles. The van der Waals surface area contributed by atoms with E-state index in [2.05, 4.69) is 5.18 Å². The first-order valence-corrected chi connectivity index (χ1v) is 4.40. The molecule has 0 unspecified atom stereocenters. The molecular weight excluding hydrogens is 201 g/mol. The summed E-state index contributed by atoms with van der Waals surface area (Å²) in [5, 5.41) is 12.1. The van der Waals surface area contributed by atoms with Crippen molar-refractivity contribution in [1.82, 2.24) is 0 Å². The fourth-order valence-electron chi connectivity index (χ4n) is 0.933. The maximum absolute atomic E-state index is 12.8. The van der Waals surface area contributed by atoms with Crippen LogP contribution in [0.15, 0.2) is 23.4 Å². The van der Waals surface area contributed by atoms with Crippen molar-refractivity contribution in [2.24, 2.45) is 5.18 Å². The van der Waals surface area contributed by atoms with Crippen LogP contribution in [0.4, 0.5) is 10.1 Å². The molecule has 0 saturated carbocycles. The molecule has 82 valence electrons. The van der Waals surface area contributed by atoms with Gasteiger partial charge in [0.1, 0.15) is 18.1 Å². The largest absolute Gasteiger partial charge is 0.488 e. The van der Waals surface area contributed by atoms with Crippen LogP contribution in [-0.2, 0) is 0 Å². The Morgan fingerprint density at radius 3 is 2.73 bits per heavy atom. The molecule has 15 heavy (non-hydrogen) atoms. The van der Waals surface area contributed by atoms with E-state index in [9.17, 15) is 14.4 Å². The zero-order valence-electron chi connectivity index (χ0n) is 8.53. The van der Waals surface area contributed by atoms with Crippen molar-refractivity contribution < 1.29 is 14.2 Å². The van der Waals surface area contributed by atoms with Crippen molar-refractivity contribution in [2.45, 2.75) is 19.4 Å². The number of hydrogen-bond donors (Lipinski definition) is 1. The van der Waals surface area contributed by atoms with Crippen LogP contribution in [0.2, 0.25) is 0 Å². The molecule has 1 N–H and O–H groups in total. The molecule has 0 aliphatic rings. The van der Waals surface area contributed by atoms with Gasteiger partial charge in [-0.3, -0.25) is 0 Å². The number of hydrogen-bond acceptors (Lipinski definition) is 4. The molecule has 4 nitrogen and oxygen atoms in total. The first-order valence-electron chi connectivity index (χ1n) is 4.40. The molecule has 5 heteroatoms. The summed E-state index contributed by atoms with van der Waals surface area (Å²) in [6.07, 6.45) is 0. The Morgan fingerprint density at radius 1 is 1.53 bits per heavy atom. The van der Waals surface area contributed by atoms with Gasteiger partial charge in [0.25, 0.3) is 0 Å². The van der Waals surface area contributed by atoms with Crippen molar-refractivity contribution in [2.75, 3.05) is 6.61 Å². The van der Waals surface area contributed by atoms with E-state index >= 15 is 0 Å². The van der Waals surface area contributed by atoms with Gasteiger partial charge in [-0.25, -0.2) is 4.39 Å². The lowest BCUT2D eigenvalue weighted by Crippen LogP contribution is -2.27. The first kappa shape index (κ1) is 11.6. The van der Waals surface area contributed by atoms with E-state index in [1.54, 1.807) is 13.8 Å². The van der Waals surface area contributed by atoms with Crippen molar-refractivity contribution in [3.05, 3.63) is 28.9 Å². The standard InChI is InChI=1S/C10H12FNO3/c1-10(2,13)6-15-9-5-7(11)3-4-8(9)12-14/h3-5,13H,6H2,1-2H3. The minimum Gasteiger partial charge on any atom is -0.488 e. The van der Waals surface area contributed by atoms with Crippen LogP contribution in [0.25, 0.3) is 0 Å². The van der Waals surface area contributed by atoms with Gasteiger partial charge < -0.3 is 9.84 Å². The summed E-state index contributed by atoms with van der Waals surface area (Å²) in [5.74, 6) is -0.486. The maximum Gasteiger partial charge on any atom is 0.151 e. The molecule has 0 atom stereocenters. The molecule has 1 rings (SSSR count). The summed E-state index contributed by atoms with van der Waals surface area (Å²) in [4.78, 5) is 10.3. The van der Waals surface area contributed by atoms with Gasteiger partial charge in [0.2, 0.25) is 0 Å². The van der Waals surface area contributed by atoms with Gasteiger partial charge in [0.15, 0.2) is 5.75 Å². The van der Waals surface area contributed by atoms with Gasteiger partial charge in [0.05, 0.1) is 5.60 Å². The molecule has 0 fully saturated rings. The number of nitroso groups, excluding NO2 is 1. The second kappa shape index (κ2) is 4.35. The molecule has 0 heterocycles. The molecule has 0 bridgehead atoms. The van der Waals surface area contributed by atoms with Crippen LogP contribution in [0, 0.1) is 10.7 Å². The van der Waals surface area contributed by atoms with E-state index in [-0.39, 0.29) is 18.0 Å². The summed E-state index contributed by atoms with van der Waals surface area (Å²) >= 11 is 0. The topological polar surface area (TPSA) is 58.9 Å².